The van der Waals surface area contributed by atoms with Crippen molar-refractivity contribution < 1.29 is 14.3 Å². The standard InChI is InChI=1S/C20H20ClN3O3S.ClH/c1-23(2)6-7-24(19(25)13-4-3-5-14(21)10-13)20-22-15-11-16-17(12-18(15)28-20)27-9-8-26-16;/h3-5,10-12H,6-9H2,1-2H3;1H. The Morgan fingerprint density at radius 2 is 1.86 bits per heavy atom. The molecule has 2 heterocycles. The van der Waals surface area contributed by atoms with Crippen molar-refractivity contribution in [1.29, 1.82) is 0 Å². The monoisotopic (exact) mass is 453 g/mol. The van der Waals surface area contributed by atoms with E-state index in [0.29, 0.717) is 47.8 Å². The average molecular weight is 454 g/mol. The molecule has 0 saturated carbocycles. The molecule has 1 aliphatic heterocycles. The van der Waals surface area contributed by atoms with E-state index in [0.717, 1.165) is 16.0 Å². The maximum absolute atomic E-state index is 13.2. The van der Waals surface area contributed by atoms with Crippen molar-refractivity contribution in [3.05, 3.63) is 47.0 Å². The second-order valence-corrected chi connectivity index (χ2v) is 8.18. The van der Waals surface area contributed by atoms with Crippen LogP contribution in [-0.2, 0) is 0 Å². The van der Waals surface area contributed by atoms with Gasteiger partial charge < -0.3 is 14.4 Å². The number of nitrogens with zero attached hydrogens (tertiary/aromatic N) is 3. The highest BCUT2D eigenvalue weighted by Gasteiger charge is 2.23. The second-order valence-electron chi connectivity index (χ2n) is 6.73. The molecule has 0 unspecified atom stereocenters. The van der Waals surface area contributed by atoms with Gasteiger partial charge in [0.15, 0.2) is 16.6 Å². The Balaban J connectivity index is 0.00000240. The molecule has 3 aromatic rings. The Morgan fingerprint density at radius 1 is 1.14 bits per heavy atom. The molecule has 0 spiro atoms. The number of fused-ring (bicyclic) bond motifs is 2. The van der Waals surface area contributed by atoms with Gasteiger partial charge in [-0.2, -0.15) is 0 Å². The van der Waals surface area contributed by atoms with Gasteiger partial charge in [0.2, 0.25) is 0 Å². The molecule has 0 aliphatic carbocycles. The number of halogens is 2. The largest absolute Gasteiger partial charge is 0.486 e. The minimum atomic E-state index is -0.124. The van der Waals surface area contributed by atoms with Crippen LogP contribution in [0, 0.1) is 0 Å². The first-order valence-corrected chi connectivity index (χ1v) is 10.1. The number of carbonyl (C=O) groups excluding carboxylic acids is 1. The van der Waals surface area contributed by atoms with E-state index < -0.39 is 0 Å². The third-order valence-electron chi connectivity index (χ3n) is 4.36. The smallest absolute Gasteiger partial charge is 0.260 e. The quantitative estimate of drug-likeness (QED) is 0.574. The van der Waals surface area contributed by atoms with Crippen LogP contribution in [0.5, 0.6) is 11.5 Å². The molecule has 2 aromatic carbocycles. The second kappa shape index (κ2) is 9.17. The number of rotatable bonds is 5. The molecule has 0 atom stereocenters. The summed E-state index contributed by atoms with van der Waals surface area (Å²) in [6, 6.07) is 10.8. The molecule has 0 fully saturated rings. The number of anilines is 1. The van der Waals surface area contributed by atoms with Crippen molar-refractivity contribution in [2.75, 3.05) is 45.3 Å². The van der Waals surface area contributed by atoms with Gasteiger partial charge in [0.1, 0.15) is 13.2 Å². The molecular weight excluding hydrogens is 433 g/mol. The molecule has 29 heavy (non-hydrogen) atoms. The van der Waals surface area contributed by atoms with Crippen LogP contribution in [0.2, 0.25) is 5.02 Å². The topological polar surface area (TPSA) is 54.9 Å². The molecule has 0 radical (unpaired) electrons. The third kappa shape index (κ3) is 4.75. The number of likely N-dealkylation sites (N-methyl/N-ethyl adjacent to an activating group) is 1. The molecule has 1 aromatic heterocycles. The molecular formula is C20H21Cl2N3O3S. The first-order chi connectivity index (χ1) is 13.5. The van der Waals surface area contributed by atoms with Crippen molar-refractivity contribution in [2.45, 2.75) is 0 Å². The van der Waals surface area contributed by atoms with E-state index in [1.54, 1.807) is 29.2 Å². The zero-order chi connectivity index (χ0) is 19.7. The van der Waals surface area contributed by atoms with Crippen LogP contribution in [-0.4, -0.2) is 56.2 Å². The molecule has 1 amide bonds. The number of aromatic nitrogens is 1. The van der Waals surface area contributed by atoms with Crippen molar-refractivity contribution >= 4 is 56.6 Å². The van der Waals surface area contributed by atoms with Gasteiger partial charge in [-0.25, -0.2) is 4.98 Å². The summed E-state index contributed by atoms with van der Waals surface area (Å²) < 4.78 is 12.3. The predicted octanol–water partition coefficient (Wildman–Crippen LogP) is 4.35. The van der Waals surface area contributed by atoms with E-state index in [4.69, 9.17) is 26.1 Å². The summed E-state index contributed by atoms with van der Waals surface area (Å²) in [6.07, 6.45) is 0. The fourth-order valence-corrected chi connectivity index (χ4v) is 4.12. The van der Waals surface area contributed by atoms with Crippen molar-refractivity contribution in [1.82, 2.24) is 9.88 Å². The van der Waals surface area contributed by atoms with Gasteiger partial charge >= 0.3 is 0 Å². The summed E-state index contributed by atoms with van der Waals surface area (Å²) in [6.45, 7) is 2.29. The van der Waals surface area contributed by atoms with Crippen LogP contribution >= 0.6 is 35.3 Å². The first-order valence-electron chi connectivity index (χ1n) is 8.93. The lowest BCUT2D eigenvalue weighted by molar-refractivity contribution is 0.0985. The van der Waals surface area contributed by atoms with Crippen molar-refractivity contribution in [2.24, 2.45) is 0 Å². The number of carbonyl (C=O) groups is 1. The Morgan fingerprint density at radius 3 is 2.55 bits per heavy atom. The summed E-state index contributed by atoms with van der Waals surface area (Å²) in [4.78, 5) is 21.7. The predicted molar refractivity (Wildman–Crippen MR) is 120 cm³/mol. The van der Waals surface area contributed by atoms with Crippen molar-refractivity contribution in [3.8, 4) is 11.5 Å². The van der Waals surface area contributed by atoms with Crippen LogP contribution < -0.4 is 14.4 Å². The summed E-state index contributed by atoms with van der Waals surface area (Å²) in [7, 11) is 3.95. The minimum absolute atomic E-state index is 0. The number of hydrogen-bond acceptors (Lipinski definition) is 6. The maximum atomic E-state index is 13.2. The van der Waals surface area contributed by atoms with E-state index >= 15 is 0 Å². The van der Waals surface area contributed by atoms with Gasteiger partial charge in [0, 0.05) is 35.8 Å². The van der Waals surface area contributed by atoms with E-state index in [1.807, 2.05) is 31.1 Å². The molecule has 6 nitrogen and oxygen atoms in total. The van der Waals surface area contributed by atoms with Gasteiger partial charge in [0.05, 0.1) is 10.2 Å². The number of hydrogen-bond donors (Lipinski definition) is 0. The molecule has 0 N–H and O–H groups in total. The molecule has 154 valence electrons. The molecule has 9 heteroatoms. The Bertz CT molecular complexity index is 982. The van der Waals surface area contributed by atoms with Crippen molar-refractivity contribution in [3.63, 3.8) is 0 Å². The third-order valence-corrected chi connectivity index (χ3v) is 5.64. The zero-order valence-corrected chi connectivity index (χ0v) is 18.4. The summed E-state index contributed by atoms with van der Waals surface area (Å²) >= 11 is 7.55. The first kappa shape index (κ1) is 21.6. The highest BCUT2D eigenvalue weighted by molar-refractivity contribution is 7.22. The van der Waals surface area contributed by atoms with Gasteiger partial charge in [-0.3, -0.25) is 9.69 Å². The Kier molecular flexibility index (Phi) is 6.85. The maximum Gasteiger partial charge on any atom is 0.260 e. The van der Waals surface area contributed by atoms with Gasteiger partial charge in [-0.1, -0.05) is 29.0 Å². The lowest BCUT2D eigenvalue weighted by Gasteiger charge is -2.22. The zero-order valence-electron chi connectivity index (χ0n) is 16.1. The van der Waals surface area contributed by atoms with Crippen LogP contribution in [0.4, 0.5) is 5.13 Å². The van der Waals surface area contributed by atoms with E-state index in [2.05, 4.69) is 0 Å². The fraction of sp³-hybridized carbons (Fsp3) is 0.300. The number of thiazole rings is 1. The minimum Gasteiger partial charge on any atom is -0.486 e. The fourth-order valence-electron chi connectivity index (χ4n) is 2.93. The SMILES string of the molecule is CN(C)CCN(C(=O)c1cccc(Cl)c1)c1nc2cc3c(cc2s1)OCCO3.Cl. The summed E-state index contributed by atoms with van der Waals surface area (Å²) in [5, 5.41) is 1.17. The highest BCUT2D eigenvalue weighted by atomic mass is 35.5. The van der Waals surface area contributed by atoms with Crippen LogP contribution in [0.1, 0.15) is 10.4 Å². The number of benzene rings is 2. The molecule has 4 rings (SSSR count). The van der Waals surface area contributed by atoms with Crippen LogP contribution in [0.25, 0.3) is 10.2 Å². The number of amides is 1. The van der Waals surface area contributed by atoms with Gasteiger partial charge in [0.25, 0.3) is 5.91 Å². The van der Waals surface area contributed by atoms with E-state index in [1.165, 1.54) is 11.3 Å². The normalized spacial score (nSPS) is 12.7. The molecule has 1 aliphatic rings. The van der Waals surface area contributed by atoms with Gasteiger partial charge in [-0.15, -0.1) is 12.4 Å². The van der Waals surface area contributed by atoms with Crippen LogP contribution in [0.15, 0.2) is 36.4 Å². The lowest BCUT2D eigenvalue weighted by atomic mass is 10.2. The Labute approximate surface area is 184 Å². The lowest BCUT2D eigenvalue weighted by Crippen LogP contribution is -2.36. The summed E-state index contributed by atoms with van der Waals surface area (Å²) in [5.41, 5.74) is 1.33. The molecule has 0 saturated heterocycles. The van der Waals surface area contributed by atoms with Crippen LogP contribution in [0.3, 0.4) is 0 Å². The summed E-state index contributed by atoms with van der Waals surface area (Å²) in [5.74, 6) is 1.28. The number of ether oxygens (including phenoxy) is 2. The highest BCUT2D eigenvalue weighted by Crippen LogP contribution is 2.39. The Hall–Kier alpha value is -2.06. The van der Waals surface area contributed by atoms with E-state index in [-0.39, 0.29) is 18.3 Å². The van der Waals surface area contributed by atoms with Gasteiger partial charge in [-0.05, 0) is 32.3 Å². The molecule has 0 bridgehead atoms. The van der Waals surface area contributed by atoms with E-state index in [9.17, 15) is 4.79 Å². The average Bonchev–Trinajstić information content (AvgIpc) is 3.08.